The van der Waals surface area contributed by atoms with Gasteiger partial charge in [-0.2, -0.15) is 11.3 Å². The number of likely N-dealkylation sites (tertiary alicyclic amines) is 1. The molecule has 1 aliphatic heterocycles. The lowest BCUT2D eigenvalue weighted by Crippen LogP contribution is -2.41. The van der Waals surface area contributed by atoms with E-state index < -0.39 is 5.60 Å². The highest BCUT2D eigenvalue weighted by molar-refractivity contribution is 7.08. The van der Waals surface area contributed by atoms with Crippen LogP contribution in [-0.4, -0.2) is 53.6 Å². The van der Waals surface area contributed by atoms with E-state index in [-0.39, 0.29) is 18.0 Å². The number of carbonyl (C=O) groups is 2. The van der Waals surface area contributed by atoms with Crippen LogP contribution >= 0.6 is 11.3 Å². The summed E-state index contributed by atoms with van der Waals surface area (Å²) in [5.41, 5.74) is 0.214. The molecule has 2 heterocycles. The van der Waals surface area contributed by atoms with Gasteiger partial charge in [0.1, 0.15) is 5.60 Å². The minimum absolute atomic E-state index is 0.00675. The predicted molar refractivity (Wildman–Crippen MR) is 82.6 cm³/mol. The summed E-state index contributed by atoms with van der Waals surface area (Å²) in [7, 11) is 1.79. The first-order chi connectivity index (χ1) is 9.78. The summed E-state index contributed by atoms with van der Waals surface area (Å²) in [6.45, 7) is 6.71. The van der Waals surface area contributed by atoms with E-state index in [0.717, 1.165) is 6.42 Å². The van der Waals surface area contributed by atoms with Crippen LogP contribution < -0.4 is 0 Å². The maximum Gasteiger partial charge on any atom is 0.410 e. The van der Waals surface area contributed by atoms with Gasteiger partial charge >= 0.3 is 6.09 Å². The maximum absolute atomic E-state index is 12.3. The second-order valence-corrected chi connectivity index (χ2v) is 7.08. The molecule has 0 radical (unpaired) electrons. The van der Waals surface area contributed by atoms with Crippen LogP contribution in [0.4, 0.5) is 4.79 Å². The summed E-state index contributed by atoms with van der Waals surface area (Å²) >= 11 is 1.51. The van der Waals surface area contributed by atoms with Crippen molar-refractivity contribution in [3.63, 3.8) is 0 Å². The topological polar surface area (TPSA) is 49.9 Å². The summed E-state index contributed by atoms with van der Waals surface area (Å²) in [5, 5.41) is 3.74. The van der Waals surface area contributed by atoms with Crippen LogP contribution in [0, 0.1) is 0 Å². The summed E-state index contributed by atoms with van der Waals surface area (Å²) in [4.78, 5) is 27.7. The number of carbonyl (C=O) groups excluding carboxylic acids is 2. The number of ether oxygens (including phenoxy) is 1. The van der Waals surface area contributed by atoms with Gasteiger partial charge in [-0.3, -0.25) is 4.79 Å². The molecule has 0 spiro atoms. The molecule has 1 saturated heterocycles. The molecule has 0 aliphatic carbocycles. The molecule has 6 heteroatoms. The number of rotatable bonds is 2. The second-order valence-electron chi connectivity index (χ2n) is 6.30. The lowest BCUT2D eigenvalue weighted by atomic mass is 10.2. The van der Waals surface area contributed by atoms with E-state index in [1.807, 2.05) is 37.6 Å². The minimum Gasteiger partial charge on any atom is -0.444 e. The third-order valence-corrected chi connectivity index (χ3v) is 4.13. The lowest BCUT2D eigenvalue weighted by molar-refractivity contribution is 0.0279. The summed E-state index contributed by atoms with van der Waals surface area (Å²) in [5.74, 6) is 0.00675. The van der Waals surface area contributed by atoms with E-state index in [1.54, 1.807) is 16.8 Å². The molecule has 0 aromatic carbocycles. The zero-order valence-corrected chi connectivity index (χ0v) is 13.8. The standard InChI is InChI=1S/C15H22N2O3S/c1-15(2,3)20-14(19)17-7-5-12(9-17)16(4)13(18)11-6-8-21-10-11/h6,8,10,12H,5,7,9H2,1-4H3. The normalized spacial score (nSPS) is 18.7. The van der Waals surface area contributed by atoms with Crippen molar-refractivity contribution in [2.24, 2.45) is 0 Å². The summed E-state index contributed by atoms with van der Waals surface area (Å²) in [6.07, 6.45) is 0.479. The van der Waals surface area contributed by atoms with Gasteiger partial charge in [-0.25, -0.2) is 4.79 Å². The Balaban J connectivity index is 1.93. The van der Waals surface area contributed by atoms with Crippen LogP contribution in [0.3, 0.4) is 0 Å². The van der Waals surface area contributed by atoms with Crippen molar-refractivity contribution < 1.29 is 14.3 Å². The zero-order chi connectivity index (χ0) is 15.6. The number of hydrogen-bond donors (Lipinski definition) is 0. The fraction of sp³-hybridized carbons (Fsp3) is 0.600. The molecule has 1 aliphatic rings. The van der Waals surface area contributed by atoms with Crippen molar-refractivity contribution in [2.45, 2.75) is 38.8 Å². The van der Waals surface area contributed by atoms with Gasteiger partial charge in [0.2, 0.25) is 0 Å². The first-order valence-electron chi connectivity index (χ1n) is 7.05. The molecule has 0 N–H and O–H groups in total. The Morgan fingerprint density at radius 2 is 2.14 bits per heavy atom. The number of hydrogen-bond acceptors (Lipinski definition) is 4. The fourth-order valence-corrected chi connectivity index (χ4v) is 2.94. The van der Waals surface area contributed by atoms with E-state index in [1.165, 1.54) is 11.3 Å². The highest BCUT2D eigenvalue weighted by Gasteiger charge is 2.33. The molecule has 2 amide bonds. The number of nitrogens with zero attached hydrogens (tertiary/aromatic N) is 2. The van der Waals surface area contributed by atoms with Crippen molar-refractivity contribution in [3.05, 3.63) is 22.4 Å². The van der Waals surface area contributed by atoms with Gasteiger partial charge in [-0.1, -0.05) is 0 Å². The third kappa shape index (κ3) is 3.97. The van der Waals surface area contributed by atoms with Gasteiger partial charge in [-0.15, -0.1) is 0 Å². The van der Waals surface area contributed by atoms with Crippen LogP contribution in [0.1, 0.15) is 37.6 Å². The van der Waals surface area contributed by atoms with Gasteiger partial charge in [0.15, 0.2) is 0 Å². The smallest absolute Gasteiger partial charge is 0.410 e. The van der Waals surface area contributed by atoms with Gasteiger partial charge in [-0.05, 0) is 38.6 Å². The fourth-order valence-electron chi connectivity index (χ4n) is 2.31. The molecule has 2 rings (SSSR count). The Bertz CT molecular complexity index is 507. The van der Waals surface area contributed by atoms with Gasteiger partial charge in [0, 0.05) is 25.5 Å². The molecule has 1 aromatic heterocycles. The van der Waals surface area contributed by atoms with Gasteiger partial charge < -0.3 is 14.5 Å². The average molecular weight is 310 g/mol. The Labute approximate surface area is 129 Å². The Kier molecular flexibility index (Phi) is 4.56. The van der Waals surface area contributed by atoms with E-state index in [0.29, 0.717) is 18.7 Å². The third-order valence-electron chi connectivity index (χ3n) is 3.45. The highest BCUT2D eigenvalue weighted by atomic mass is 32.1. The quantitative estimate of drug-likeness (QED) is 0.844. The van der Waals surface area contributed by atoms with Crippen LogP contribution in [0.25, 0.3) is 0 Å². The molecule has 116 valence electrons. The SMILES string of the molecule is CN(C(=O)c1ccsc1)C1CCN(C(=O)OC(C)(C)C)C1. The van der Waals surface area contributed by atoms with Crippen LogP contribution in [0.5, 0.6) is 0 Å². The van der Waals surface area contributed by atoms with E-state index in [4.69, 9.17) is 4.74 Å². The Morgan fingerprint density at radius 3 is 2.71 bits per heavy atom. The van der Waals surface area contributed by atoms with Gasteiger partial charge in [0.25, 0.3) is 5.91 Å². The molecular weight excluding hydrogens is 288 g/mol. The summed E-state index contributed by atoms with van der Waals surface area (Å²) in [6, 6.07) is 1.87. The first-order valence-corrected chi connectivity index (χ1v) is 7.99. The first kappa shape index (κ1) is 15.8. The lowest BCUT2D eigenvalue weighted by Gasteiger charge is -2.26. The second kappa shape index (κ2) is 6.05. The van der Waals surface area contributed by atoms with E-state index in [9.17, 15) is 9.59 Å². The van der Waals surface area contributed by atoms with Crippen LogP contribution in [0.2, 0.25) is 0 Å². The predicted octanol–water partition coefficient (Wildman–Crippen LogP) is 2.83. The van der Waals surface area contributed by atoms with Crippen molar-refractivity contribution in [1.82, 2.24) is 9.80 Å². The van der Waals surface area contributed by atoms with Crippen LogP contribution in [-0.2, 0) is 4.74 Å². The molecule has 0 saturated carbocycles. The Morgan fingerprint density at radius 1 is 1.43 bits per heavy atom. The molecule has 21 heavy (non-hydrogen) atoms. The van der Waals surface area contributed by atoms with Crippen molar-refractivity contribution in [1.29, 1.82) is 0 Å². The monoisotopic (exact) mass is 310 g/mol. The molecule has 5 nitrogen and oxygen atoms in total. The van der Waals surface area contributed by atoms with Crippen molar-refractivity contribution in [2.75, 3.05) is 20.1 Å². The van der Waals surface area contributed by atoms with E-state index in [2.05, 4.69) is 0 Å². The zero-order valence-electron chi connectivity index (χ0n) is 13.0. The maximum atomic E-state index is 12.3. The average Bonchev–Trinajstić information content (AvgIpc) is 3.06. The van der Waals surface area contributed by atoms with E-state index >= 15 is 0 Å². The van der Waals surface area contributed by atoms with Crippen molar-refractivity contribution >= 4 is 23.3 Å². The molecule has 1 unspecified atom stereocenters. The Hall–Kier alpha value is -1.56. The number of likely N-dealkylation sites (N-methyl/N-ethyl adjacent to an activating group) is 1. The number of amides is 2. The molecule has 1 atom stereocenters. The minimum atomic E-state index is -0.492. The molecule has 1 aromatic rings. The number of thiophene rings is 1. The molecule has 0 bridgehead atoms. The summed E-state index contributed by atoms with van der Waals surface area (Å²) < 4.78 is 5.37. The van der Waals surface area contributed by atoms with Crippen LogP contribution in [0.15, 0.2) is 16.8 Å². The van der Waals surface area contributed by atoms with Gasteiger partial charge in [0.05, 0.1) is 11.6 Å². The molecular formula is C15H22N2O3S. The molecule has 1 fully saturated rings. The highest BCUT2D eigenvalue weighted by Crippen LogP contribution is 2.20. The van der Waals surface area contributed by atoms with Crippen molar-refractivity contribution in [3.8, 4) is 0 Å². The largest absolute Gasteiger partial charge is 0.444 e.